The van der Waals surface area contributed by atoms with Gasteiger partial charge in [0.1, 0.15) is 17.7 Å². The first-order chi connectivity index (χ1) is 18.0. The van der Waals surface area contributed by atoms with Crippen LogP contribution in [0.4, 0.5) is 4.39 Å². The molecule has 0 bridgehead atoms. The molecule has 2 heterocycles. The van der Waals surface area contributed by atoms with Gasteiger partial charge in [-0.25, -0.2) is 4.39 Å². The molecule has 5 nitrogen and oxygen atoms in total. The highest BCUT2D eigenvalue weighted by molar-refractivity contribution is 7.99. The van der Waals surface area contributed by atoms with Crippen LogP contribution in [0.3, 0.4) is 0 Å². The van der Waals surface area contributed by atoms with E-state index in [0.29, 0.717) is 40.1 Å². The fourth-order valence-corrected chi connectivity index (χ4v) is 6.25. The van der Waals surface area contributed by atoms with Crippen LogP contribution in [-0.2, 0) is 0 Å². The predicted molar refractivity (Wildman–Crippen MR) is 150 cm³/mol. The van der Waals surface area contributed by atoms with E-state index in [9.17, 15) is 5.11 Å². The fraction of sp³-hybridized carbons (Fsp3) is 0.483. The Hall–Kier alpha value is -2.06. The highest BCUT2D eigenvalue weighted by Crippen LogP contribution is 2.42. The van der Waals surface area contributed by atoms with Crippen molar-refractivity contribution in [2.45, 2.75) is 43.2 Å². The van der Waals surface area contributed by atoms with Gasteiger partial charge in [0.25, 0.3) is 0 Å². The Morgan fingerprint density at radius 1 is 1.14 bits per heavy atom. The van der Waals surface area contributed by atoms with Gasteiger partial charge in [0.15, 0.2) is 0 Å². The molecular formula is C29H36ClFN2O3S. The van der Waals surface area contributed by atoms with Crippen LogP contribution in [-0.4, -0.2) is 61.2 Å². The molecule has 0 radical (unpaired) electrons. The van der Waals surface area contributed by atoms with E-state index >= 15 is 4.39 Å². The van der Waals surface area contributed by atoms with Crippen molar-refractivity contribution in [3.05, 3.63) is 59.2 Å². The van der Waals surface area contributed by atoms with Crippen molar-refractivity contribution >= 4 is 34.3 Å². The second kappa shape index (κ2) is 13.1. The zero-order chi connectivity index (χ0) is 26.3. The highest BCUT2D eigenvalue weighted by Gasteiger charge is 2.35. The summed E-state index contributed by atoms with van der Waals surface area (Å²) in [6.07, 6.45) is 4.06. The molecule has 1 aromatic heterocycles. The number of halogens is 2. The van der Waals surface area contributed by atoms with Gasteiger partial charge in [-0.1, -0.05) is 17.7 Å². The number of ether oxygens (including phenoxy) is 2. The minimum Gasteiger partial charge on any atom is -0.497 e. The van der Waals surface area contributed by atoms with Crippen molar-refractivity contribution < 1.29 is 19.0 Å². The molecular weight excluding hydrogens is 511 g/mol. The highest BCUT2D eigenvalue weighted by atomic mass is 35.5. The van der Waals surface area contributed by atoms with Crippen molar-refractivity contribution in [2.24, 2.45) is 5.41 Å². The number of nitrogens with zero attached hydrogens (tertiary/aromatic N) is 2. The zero-order valence-electron chi connectivity index (χ0n) is 21.6. The number of pyridine rings is 1. The van der Waals surface area contributed by atoms with Crippen LogP contribution in [0, 0.1) is 5.41 Å². The Morgan fingerprint density at radius 3 is 2.62 bits per heavy atom. The average Bonchev–Trinajstić information content (AvgIpc) is 2.94. The predicted octanol–water partition coefficient (Wildman–Crippen LogP) is 6.95. The summed E-state index contributed by atoms with van der Waals surface area (Å²) in [7, 11) is 3.27. The molecule has 0 saturated carbocycles. The summed E-state index contributed by atoms with van der Waals surface area (Å²) >= 11 is 8.25. The van der Waals surface area contributed by atoms with Gasteiger partial charge in [-0.3, -0.25) is 4.98 Å². The number of rotatable bonds is 12. The molecule has 1 atom stereocenters. The second-order valence-corrected chi connectivity index (χ2v) is 11.4. The number of likely N-dealkylation sites (tertiary alicyclic amines) is 1. The van der Waals surface area contributed by atoms with E-state index in [1.165, 1.54) is 11.1 Å². The Bertz CT molecular complexity index is 1170. The van der Waals surface area contributed by atoms with Gasteiger partial charge in [-0.2, -0.15) is 0 Å². The van der Waals surface area contributed by atoms with Crippen LogP contribution < -0.4 is 9.47 Å². The number of aliphatic hydroxyl groups excluding tert-OH is 1. The van der Waals surface area contributed by atoms with Crippen LogP contribution in [0.2, 0.25) is 5.02 Å². The van der Waals surface area contributed by atoms with Crippen LogP contribution in [0.25, 0.3) is 10.9 Å². The Balaban J connectivity index is 1.28. The van der Waals surface area contributed by atoms with E-state index in [1.54, 1.807) is 20.3 Å². The standard InChI is InChI=1S/C29H36ClFN2O3S/c1-35-21-5-3-6-23(17-21)37-16-4-13-33-14-11-29(20-34,12-15-33)10-9-26(31)28-24-18-22(36-2)7-8-27(24)32-19-25(28)30/h3,5-8,17-19,26,34H,4,9-16,20H2,1-2H3/t26-/m1/s1. The lowest BCUT2D eigenvalue weighted by Gasteiger charge is -2.41. The third kappa shape index (κ3) is 7.08. The number of fused-ring (bicyclic) bond motifs is 1. The maximum Gasteiger partial charge on any atom is 0.127 e. The van der Waals surface area contributed by atoms with Crippen molar-refractivity contribution in [3.63, 3.8) is 0 Å². The van der Waals surface area contributed by atoms with Gasteiger partial charge in [-0.15, -0.1) is 11.8 Å². The van der Waals surface area contributed by atoms with E-state index < -0.39 is 6.17 Å². The molecule has 37 heavy (non-hydrogen) atoms. The summed E-state index contributed by atoms with van der Waals surface area (Å²) in [4.78, 5) is 8.02. The first kappa shape index (κ1) is 28.0. The number of alkyl halides is 1. The Kier molecular flexibility index (Phi) is 9.93. The van der Waals surface area contributed by atoms with Gasteiger partial charge in [0.2, 0.25) is 0 Å². The molecule has 1 fully saturated rings. The number of hydrogen-bond acceptors (Lipinski definition) is 6. The third-order valence-electron chi connectivity index (χ3n) is 7.49. The summed E-state index contributed by atoms with van der Waals surface area (Å²) in [6.45, 7) is 2.97. The number of benzene rings is 2. The Labute approximate surface area is 228 Å². The monoisotopic (exact) mass is 546 g/mol. The van der Waals surface area contributed by atoms with Gasteiger partial charge in [-0.05, 0) is 99.3 Å². The van der Waals surface area contributed by atoms with Crippen molar-refractivity contribution in [1.29, 1.82) is 0 Å². The molecule has 200 valence electrons. The van der Waals surface area contributed by atoms with Crippen molar-refractivity contribution in [1.82, 2.24) is 9.88 Å². The third-order valence-corrected chi connectivity index (χ3v) is 8.87. The lowest BCUT2D eigenvalue weighted by Crippen LogP contribution is -2.42. The number of piperidine rings is 1. The lowest BCUT2D eigenvalue weighted by atomic mass is 9.74. The number of aliphatic hydroxyl groups is 1. The Morgan fingerprint density at radius 2 is 1.89 bits per heavy atom. The smallest absolute Gasteiger partial charge is 0.127 e. The van der Waals surface area contributed by atoms with Crippen molar-refractivity contribution in [2.75, 3.05) is 46.2 Å². The lowest BCUT2D eigenvalue weighted by molar-refractivity contribution is 0.0304. The molecule has 8 heteroatoms. The maximum atomic E-state index is 15.6. The topological polar surface area (TPSA) is 54.8 Å². The fourth-order valence-electron chi connectivity index (χ4n) is 5.10. The van der Waals surface area contributed by atoms with Gasteiger partial charge < -0.3 is 19.5 Å². The molecule has 0 spiro atoms. The number of hydrogen-bond donors (Lipinski definition) is 1. The van der Waals surface area contributed by atoms with E-state index in [2.05, 4.69) is 22.0 Å². The maximum absolute atomic E-state index is 15.6. The minimum atomic E-state index is -1.24. The molecule has 3 aromatic rings. The van der Waals surface area contributed by atoms with Crippen LogP contribution in [0.5, 0.6) is 11.5 Å². The summed E-state index contributed by atoms with van der Waals surface area (Å²) < 4.78 is 26.3. The van der Waals surface area contributed by atoms with E-state index in [4.69, 9.17) is 21.1 Å². The van der Waals surface area contributed by atoms with E-state index in [-0.39, 0.29) is 12.0 Å². The van der Waals surface area contributed by atoms with Crippen LogP contribution >= 0.6 is 23.4 Å². The quantitative estimate of drug-likeness (QED) is 0.196. The van der Waals surface area contributed by atoms with E-state index in [0.717, 1.165) is 50.4 Å². The van der Waals surface area contributed by atoms with Gasteiger partial charge in [0, 0.05) is 28.6 Å². The van der Waals surface area contributed by atoms with Gasteiger partial charge >= 0.3 is 0 Å². The van der Waals surface area contributed by atoms with E-state index in [1.807, 2.05) is 36.0 Å². The summed E-state index contributed by atoms with van der Waals surface area (Å²) in [5.74, 6) is 2.58. The molecule has 1 N–H and O–H groups in total. The first-order valence-electron chi connectivity index (χ1n) is 12.8. The van der Waals surface area contributed by atoms with Crippen LogP contribution in [0.15, 0.2) is 53.6 Å². The molecule has 2 aromatic carbocycles. The molecule has 0 unspecified atom stereocenters. The number of thioether (sulfide) groups is 1. The largest absolute Gasteiger partial charge is 0.497 e. The average molecular weight is 547 g/mol. The van der Waals surface area contributed by atoms with Crippen LogP contribution in [0.1, 0.15) is 43.8 Å². The summed E-state index contributed by atoms with van der Waals surface area (Å²) in [6, 6.07) is 13.6. The molecule has 0 aliphatic carbocycles. The molecule has 1 saturated heterocycles. The minimum absolute atomic E-state index is 0.0812. The molecule has 0 amide bonds. The summed E-state index contributed by atoms with van der Waals surface area (Å²) in [5.41, 5.74) is 0.908. The SMILES string of the molecule is COc1cccc(SCCCN2CCC(CO)(CC[C@@H](F)c3c(Cl)cnc4ccc(OC)cc34)CC2)c1. The zero-order valence-corrected chi connectivity index (χ0v) is 23.2. The summed E-state index contributed by atoms with van der Waals surface area (Å²) in [5, 5.41) is 11.3. The molecule has 1 aliphatic rings. The first-order valence-corrected chi connectivity index (χ1v) is 14.2. The molecule has 1 aliphatic heterocycles. The second-order valence-electron chi connectivity index (χ2n) is 9.79. The number of methoxy groups -OCH3 is 2. The molecule has 4 rings (SSSR count). The number of aromatic nitrogens is 1. The van der Waals surface area contributed by atoms with Crippen molar-refractivity contribution in [3.8, 4) is 11.5 Å². The normalized spacial score (nSPS) is 16.6. The van der Waals surface area contributed by atoms with Gasteiger partial charge in [0.05, 0.1) is 24.8 Å².